The molecule has 2 nitrogen and oxygen atoms in total. The molecule has 0 unspecified atom stereocenters. The first-order valence-corrected chi connectivity index (χ1v) is 9.41. The number of para-hydroxylation sites is 1. The van der Waals surface area contributed by atoms with Crippen molar-refractivity contribution in [1.82, 2.24) is 0 Å². The lowest BCUT2D eigenvalue weighted by Crippen LogP contribution is -2.04. The SMILES string of the molecule is C=C1C=C(Cl)N=C(c2cccc(-c3ccccc3)c2)c2oc3ccccc3c21. The van der Waals surface area contributed by atoms with Gasteiger partial charge < -0.3 is 4.42 Å². The number of hydrogen-bond acceptors (Lipinski definition) is 2. The average Bonchev–Trinajstić information content (AvgIpc) is 3.06. The van der Waals surface area contributed by atoms with Gasteiger partial charge in [-0.25, -0.2) is 4.99 Å². The van der Waals surface area contributed by atoms with E-state index >= 15 is 0 Å². The van der Waals surface area contributed by atoms with Crippen LogP contribution in [0.1, 0.15) is 16.9 Å². The molecule has 0 aliphatic carbocycles. The monoisotopic (exact) mass is 381 g/mol. The summed E-state index contributed by atoms with van der Waals surface area (Å²) in [6.07, 6.45) is 1.79. The van der Waals surface area contributed by atoms with Crippen molar-refractivity contribution in [2.24, 2.45) is 4.99 Å². The van der Waals surface area contributed by atoms with Gasteiger partial charge in [0, 0.05) is 16.5 Å². The third kappa shape index (κ3) is 2.79. The van der Waals surface area contributed by atoms with Gasteiger partial charge >= 0.3 is 0 Å². The minimum absolute atomic E-state index is 0.389. The zero-order valence-electron chi connectivity index (χ0n) is 15.0. The normalized spacial score (nSPS) is 13.7. The summed E-state index contributed by atoms with van der Waals surface area (Å²) >= 11 is 6.39. The minimum atomic E-state index is 0.389. The summed E-state index contributed by atoms with van der Waals surface area (Å²) in [6.45, 7) is 4.19. The van der Waals surface area contributed by atoms with E-state index in [1.807, 2.05) is 54.6 Å². The molecule has 1 aliphatic rings. The maximum atomic E-state index is 6.39. The lowest BCUT2D eigenvalue weighted by molar-refractivity contribution is 0.604. The van der Waals surface area contributed by atoms with Crippen LogP contribution in [0.3, 0.4) is 0 Å². The van der Waals surface area contributed by atoms with Gasteiger partial charge in [-0.2, -0.15) is 0 Å². The number of rotatable bonds is 2. The topological polar surface area (TPSA) is 25.5 Å². The summed E-state index contributed by atoms with van der Waals surface area (Å²) in [4.78, 5) is 4.66. The maximum absolute atomic E-state index is 6.39. The second-order valence-electron chi connectivity index (χ2n) is 6.70. The van der Waals surface area contributed by atoms with Crippen molar-refractivity contribution < 1.29 is 4.42 Å². The smallest absolute Gasteiger partial charge is 0.162 e. The standard InChI is InChI=1S/C25H16ClNO/c1-16-14-22(26)27-24(25-23(16)20-12-5-6-13-21(20)28-25)19-11-7-10-18(15-19)17-8-3-2-4-9-17/h2-15H,1H2. The van der Waals surface area contributed by atoms with Crippen molar-refractivity contribution >= 4 is 33.9 Å². The molecule has 0 atom stereocenters. The van der Waals surface area contributed by atoms with E-state index in [1.54, 1.807) is 6.08 Å². The first kappa shape index (κ1) is 16.8. The molecular formula is C25H16ClNO. The molecule has 0 radical (unpaired) electrons. The molecule has 0 saturated carbocycles. The van der Waals surface area contributed by atoms with Crippen LogP contribution < -0.4 is 0 Å². The van der Waals surface area contributed by atoms with Crippen molar-refractivity contribution in [1.29, 1.82) is 0 Å². The van der Waals surface area contributed by atoms with E-state index in [-0.39, 0.29) is 0 Å². The van der Waals surface area contributed by atoms with Gasteiger partial charge in [0.25, 0.3) is 0 Å². The van der Waals surface area contributed by atoms with Gasteiger partial charge in [-0.3, -0.25) is 0 Å². The van der Waals surface area contributed by atoms with E-state index < -0.39 is 0 Å². The van der Waals surface area contributed by atoms with E-state index in [1.165, 1.54) is 0 Å². The maximum Gasteiger partial charge on any atom is 0.162 e. The van der Waals surface area contributed by atoms with Gasteiger partial charge in [-0.05, 0) is 34.9 Å². The summed E-state index contributed by atoms with van der Waals surface area (Å²) < 4.78 is 6.22. The lowest BCUT2D eigenvalue weighted by atomic mass is 9.96. The van der Waals surface area contributed by atoms with Crippen LogP contribution in [-0.4, -0.2) is 5.71 Å². The van der Waals surface area contributed by atoms with Crippen LogP contribution in [0.5, 0.6) is 0 Å². The third-order valence-electron chi connectivity index (χ3n) is 4.89. The van der Waals surface area contributed by atoms with Gasteiger partial charge in [0.15, 0.2) is 5.76 Å². The third-order valence-corrected chi connectivity index (χ3v) is 5.08. The highest BCUT2D eigenvalue weighted by Gasteiger charge is 2.24. The van der Waals surface area contributed by atoms with Crippen LogP contribution in [0.25, 0.3) is 27.7 Å². The van der Waals surface area contributed by atoms with Crippen LogP contribution in [0.15, 0.2) is 106 Å². The highest BCUT2D eigenvalue weighted by atomic mass is 35.5. The van der Waals surface area contributed by atoms with Crippen LogP contribution >= 0.6 is 11.6 Å². The van der Waals surface area contributed by atoms with E-state index in [9.17, 15) is 0 Å². The van der Waals surface area contributed by atoms with Crippen LogP contribution in [0.4, 0.5) is 0 Å². The summed E-state index contributed by atoms with van der Waals surface area (Å²) in [7, 11) is 0. The summed E-state index contributed by atoms with van der Waals surface area (Å²) in [5.41, 5.74) is 6.47. The quantitative estimate of drug-likeness (QED) is 0.342. The van der Waals surface area contributed by atoms with Crippen LogP contribution in [0.2, 0.25) is 0 Å². The Bertz CT molecular complexity index is 1280. The van der Waals surface area contributed by atoms with E-state index in [0.29, 0.717) is 16.6 Å². The molecule has 28 heavy (non-hydrogen) atoms. The van der Waals surface area contributed by atoms with Crippen molar-refractivity contribution in [3.8, 4) is 11.1 Å². The molecule has 0 amide bonds. The van der Waals surface area contributed by atoms with Gasteiger partial charge in [0.1, 0.15) is 16.5 Å². The van der Waals surface area contributed by atoms with Crippen molar-refractivity contribution in [3.63, 3.8) is 0 Å². The summed E-state index contributed by atoms with van der Waals surface area (Å²) in [5.74, 6) is 0.698. The predicted molar refractivity (Wildman–Crippen MR) is 117 cm³/mol. The van der Waals surface area contributed by atoms with E-state index in [2.05, 4.69) is 35.8 Å². The first-order valence-electron chi connectivity index (χ1n) is 9.03. The Kier molecular flexibility index (Phi) is 4.00. The Balaban J connectivity index is 1.74. The number of nitrogens with zero attached hydrogens (tertiary/aromatic N) is 1. The van der Waals surface area contributed by atoms with Gasteiger partial charge in [0.05, 0.1) is 0 Å². The predicted octanol–water partition coefficient (Wildman–Crippen LogP) is 7.04. The van der Waals surface area contributed by atoms with Gasteiger partial charge in [-0.1, -0.05) is 84.9 Å². The molecule has 0 saturated heterocycles. The second kappa shape index (κ2) is 6.66. The molecule has 5 rings (SSSR count). The number of allylic oxidation sites excluding steroid dienone is 2. The van der Waals surface area contributed by atoms with Gasteiger partial charge in [-0.15, -0.1) is 0 Å². The zero-order chi connectivity index (χ0) is 19.1. The second-order valence-corrected chi connectivity index (χ2v) is 7.09. The molecule has 3 aromatic carbocycles. The molecular weight excluding hydrogens is 366 g/mol. The Morgan fingerprint density at radius 3 is 2.36 bits per heavy atom. The highest BCUT2D eigenvalue weighted by Crippen LogP contribution is 2.37. The van der Waals surface area contributed by atoms with Crippen molar-refractivity contribution in [3.05, 3.63) is 114 Å². The molecule has 0 N–H and O–H groups in total. The van der Waals surface area contributed by atoms with Crippen LogP contribution in [-0.2, 0) is 0 Å². The Hall–Kier alpha value is -3.36. The average molecular weight is 382 g/mol. The Morgan fingerprint density at radius 1 is 0.786 bits per heavy atom. The first-order chi connectivity index (χ1) is 13.7. The van der Waals surface area contributed by atoms with Crippen molar-refractivity contribution in [2.45, 2.75) is 0 Å². The summed E-state index contributed by atoms with van der Waals surface area (Å²) in [6, 6.07) is 26.5. The molecule has 2 heterocycles. The fourth-order valence-electron chi connectivity index (χ4n) is 3.61. The fourth-order valence-corrected chi connectivity index (χ4v) is 3.83. The zero-order valence-corrected chi connectivity index (χ0v) is 15.8. The molecule has 0 spiro atoms. The van der Waals surface area contributed by atoms with E-state index in [4.69, 9.17) is 16.0 Å². The highest BCUT2D eigenvalue weighted by molar-refractivity contribution is 6.32. The summed E-state index contributed by atoms with van der Waals surface area (Å²) in [5, 5.41) is 1.40. The molecule has 1 aromatic heterocycles. The largest absolute Gasteiger partial charge is 0.454 e. The lowest BCUT2D eigenvalue weighted by Gasteiger charge is -2.08. The minimum Gasteiger partial charge on any atom is -0.454 e. The fraction of sp³-hybridized carbons (Fsp3) is 0. The Morgan fingerprint density at radius 2 is 1.50 bits per heavy atom. The Labute approximate surface area is 168 Å². The number of aliphatic imine (C=N–C) groups is 1. The number of hydrogen-bond donors (Lipinski definition) is 0. The number of fused-ring (bicyclic) bond motifs is 3. The number of furan rings is 1. The molecule has 134 valence electrons. The van der Waals surface area contributed by atoms with Gasteiger partial charge in [0.2, 0.25) is 0 Å². The number of benzene rings is 3. The molecule has 1 aliphatic heterocycles. The molecule has 3 heteroatoms. The van der Waals surface area contributed by atoms with Crippen LogP contribution in [0, 0.1) is 0 Å². The number of halogens is 1. The van der Waals surface area contributed by atoms with Crippen molar-refractivity contribution in [2.75, 3.05) is 0 Å². The molecule has 0 bridgehead atoms. The van der Waals surface area contributed by atoms with E-state index in [0.717, 1.165) is 38.8 Å². The molecule has 4 aromatic rings. The molecule has 0 fully saturated rings.